The zero-order valence-electron chi connectivity index (χ0n) is 9.21. The first-order chi connectivity index (χ1) is 7.62. The van der Waals surface area contributed by atoms with Crippen LogP contribution in [0.1, 0.15) is 25.0 Å². The van der Waals surface area contributed by atoms with Crippen LogP contribution >= 0.6 is 0 Å². The fourth-order valence-electron chi connectivity index (χ4n) is 1.89. The molecule has 0 aliphatic heterocycles. The Bertz CT molecular complexity index is 364. The molecule has 2 rings (SSSR count). The van der Waals surface area contributed by atoms with Crippen LogP contribution in [-0.2, 0) is 0 Å². The molecule has 88 valence electrons. The third-order valence-corrected chi connectivity index (χ3v) is 3.21. The number of aromatic nitrogens is 2. The molecule has 1 fully saturated rings. The van der Waals surface area contributed by atoms with Crippen molar-refractivity contribution in [1.29, 1.82) is 0 Å². The van der Waals surface area contributed by atoms with Crippen LogP contribution in [0.2, 0.25) is 0 Å². The van der Waals surface area contributed by atoms with Crippen LogP contribution in [0, 0.1) is 12.3 Å². The molecule has 0 spiro atoms. The minimum absolute atomic E-state index is 0.258. The maximum atomic E-state index is 12.8. The van der Waals surface area contributed by atoms with E-state index in [1.807, 2.05) is 6.92 Å². The number of alkyl halides is 2. The van der Waals surface area contributed by atoms with Crippen molar-refractivity contribution in [1.82, 2.24) is 9.97 Å². The van der Waals surface area contributed by atoms with E-state index in [0.29, 0.717) is 18.8 Å². The number of anilines is 1. The number of aryl methyl sites for hydroxylation is 1. The van der Waals surface area contributed by atoms with E-state index in [1.54, 1.807) is 12.3 Å². The van der Waals surface area contributed by atoms with Crippen LogP contribution in [0.25, 0.3) is 0 Å². The van der Waals surface area contributed by atoms with E-state index in [9.17, 15) is 8.78 Å². The van der Waals surface area contributed by atoms with Crippen molar-refractivity contribution in [2.45, 2.75) is 32.6 Å². The van der Waals surface area contributed by atoms with Gasteiger partial charge >= 0.3 is 0 Å². The van der Waals surface area contributed by atoms with Gasteiger partial charge in [0.2, 0.25) is 12.4 Å². The first kappa shape index (κ1) is 11.2. The quantitative estimate of drug-likeness (QED) is 0.859. The van der Waals surface area contributed by atoms with Crippen LogP contribution in [0.3, 0.4) is 0 Å². The van der Waals surface area contributed by atoms with Crippen molar-refractivity contribution in [2.75, 3.05) is 11.9 Å². The highest BCUT2D eigenvalue weighted by molar-refractivity contribution is 5.25. The third-order valence-electron chi connectivity index (χ3n) is 3.21. The number of hydrogen-bond acceptors (Lipinski definition) is 3. The van der Waals surface area contributed by atoms with Crippen LogP contribution in [-0.4, -0.2) is 22.9 Å². The van der Waals surface area contributed by atoms with Crippen molar-refractivity contribution in [3.05, 3.63) is 18.0 Å². The van der Waals surface area contributed by atoms with Gasteiger partial charge in [0.05, 0.1) is 0 Å². The summed E-state index contributed by atoms with van der Waals surface area (Å²) in [6.45, 7) is 2.10. The van der Waals surface area contributed by atoms with E-state index >= 15 is 0 Å². The molecule has 0 radical (unpaired) electrons. The van der Waals surface area contributed by atoms with Gasteiger partial charge in [-0.05, 0) is 25.8 Å². The van der Waals surface area contributed by atoms with E-state index < -0.39 is 11.8 Å². The summed E-state index contributed by atoms with van der Waals surface area (Å²) in [5, 5.41) is 2.91. The van der Waals surface area contributed by atoms with Gasteiger partial charge in [0.25, 0.3) is 0 Å². The maximum absolute atomic E-state index is 12.8. The van der Waals surface area contributed by atoms with Gasteiger partial charge in [-0.2, -0.15) is 0 Å². The molecule has 5 heteroatoms. The van der Waals surface area contributed by atoms with E-state index in [-0.39, 0.29) is 6.54 Å². The molecule has 0 amide bonds. The van der Waals surface area contributed by atoms with Crippen LogP contribution in [0.15, 0.2) is 12.3 Å². The molecule has 16 heavy (non-hydrogen) atoms. The largest absolute Gasteiger partial charge is 0.353 e. The summed E-state index contributed by atoms with van der Waals surface area (Å²) in [6, 6.07) is 1.78. The van der Waals surface area contributed by atoms with Crippen molar-refractivity contribution in [2.24, 2.45) is 5.41 Å². The average Bonchev–Trinajstić information content (AvgIpc) is 2.15. The summed E-state index contributed by atoms with van der Waals surface area (Å²) in [6.07, 6.45) is 1.42. The topological polar surface area (TPSA) is 37.8 Å². The number of halogens is 2. The second-order valence-electron chi connectivity index (χ2n) is 4.39. The molecule has 3 nitrogen and oxygen atoms in total. The van der Waals surface area contributed by atoms with E-state index in [1.165, 1.54) is 0 Å². The average molecular weight is 227 g/mol. The number of nitrogens with zero attached hydrogens (tertiary/aromatic N) is 2. The Kier molecular flexibility index (Phi) is 3.03. The summed E-state index contributed by atoms with van der Waals surface area (Å²) in [7, 11) is 0. The second kappa shape index (κ2) is 4.31. The van der Waals surface area contributed by atoms with Crippen LogP contribution in [0.4, 0.5) is 14.7 Å². The van der Waals surface area contributed by atoms with Crippen LogP contribution in [0.5, 0.6) is 0 Å². The predicted molar refractivity (Wildman–Crippen MR) is 57.5 cm³/mol. The lowest BCUT2D eigenvalue weighted by atomic mass is 9.69. The molecule has 0 saturated heterocycles. The third kappa shape index (κ3) is 2.13. The highest BCUT2D eigenvalue weighted by Gasteiger charge is 2.45. The predicted octanol–water partition coefficient (Wildman–Crippen LogP) is 2.63. The number of nitrogens with one attached hydrogen (secondary N) is 1. The molecule has 1 heterocycles. The van der Waals surface area contributed by atoms with Gasteiger partial charge in [0, 0.05) is 23.9 Å². The Morgan fingerprint density at radius 2 is 2.25 bits per heavy atom. The summed E-state index contributed by atoms with van der Waals surface area (Å²) < 4.78 is 25.7. The van der Waals surface area contributed by atoms with Crippen molar-refractivity contribution in [3.8, 4) is 0 Å². The van der Waals surface area contributed by atoms with Gasteiger partial charge in [0.15, 0.2) is 0 Å². The molecule has 1 aliphatic rings. The summed E-state index contributed by atoms with van der Waals surface area (Å²) in [5.41, 5.74) is -0.0233. The normalized spacial score (nSPS) is 18.2. The minimum Gasteiger partial charge on any atom is -0.353 e. The molecule has 0 atom stereocenters. The molecule has 0 aromatic carbocycles. The zero-order valence-corrected chi connectivity index (χ0v) is 9.21. The van der Waals surface area contributed by atoms with Gasteiger partial charge in [0.1, 0.15) is 0 Å². The van der Waals surface area contributed by atoms with Gasteiger partial charge in [-0.1, -0.05) is 6.42 Å². The Balaban J connectivity index is 1.96. The first-order valence-corrected chi connectivity index (χ1v) is 5.44. The Morgan fingerprint density at radius 3 is 2.75 bits per heavy atom. The smallest absolute Gasteiger partial charge is 0.245 e. The van der Waals surface area contributed by atoms with Gasteiger partial charge in [-0.3, -0.25) is 0 Å². The molecular weight excluding hydrogens is 212 g/mol. The molecule has 0 unspecified atom stereocenters. The fraction of sp³-hybridized carbons (Fsp3) is 0.636. The highest BCUT2D eigenvalue weighted by atomic mass is 19.3. The Hall–Kier alpha value is -1.26. The Labute approximate surface area is 93.3 Å². The van der Waals surface area contributed by atoms with Gasteiger partial charge in [-0.25, -0.2) is 18.7 Å². The van der Waals surface area contributed by atoms with E-state index in [4.69, 9.17) is 0 Å². The SMILES string of the molecule is Cc1ccnc(NCC2(C(F)F)CCC2)n1. The molecule has 1 aliphatic carbocycles. The molecule has 0 bridgehead atoms. The van der Waals surface area contributed by atoms with Gasteiger partial charge in [-0.15, -0.1) is 0 Å². The number of hydrogen-bond donors (Lipinski definition) is 1. The standard InChI is InChI=1S/C11H15F2N3/c1-8-3-6-14-10(16-8)15-7-11(9(12)13)4-2-5-11/h3,6,9H,2,4-5,7H2,1H3,(H,14,15,16). The van der Waals surface area contributed by atoms with E-state index in [2.05, 4.69) is 15.3 Å². The molecule has 1 N–H and O–H groups in total. The monoisotopic (exact) mass is 227 g/mol. The minimum atomic E-state index is -2.27. The molecule has 1 saturated carbocycles. The van der Waals surface area contributed by atoms with Crippen molar-refractivity contribution >= 4 is 5.95 Å². The lowest BCUT2D eigenvalue weighted by Gasteiger charge is -2.41. The summed E-state index contributed by atoms with van der Waals surface area (Å²) >= 11 is 0. The molecular formula is C11H15F2N3. The highest BCUT2D eigenvalue weighted by Crippen LogP contribution is 2.45. The summed E-state index contributed by atoms with van der Waals surface area (Å²) in [5.74, 6) is 0.437. The zero-order chi connectivity index (χ0) is 11.6. The lowest BCUT2D eigenvalue weighted by molar-refractivity contribution is -0.0501. The second-order valence-corrected chi connectivity index (χ2v) is 4.39. The van der Waals surface area contributed by atoms with E-state index in [0.717, 1.165) is 12.1 Å². The maximum Gasteiger partial charge on any atom is 0.245 e. The lowest BCUT2D eigenvalue weighted by Crippen LogP contribution is -2.43. The molecule has 1 aromatic rings. The molecule has 1 aromatic heterocycles. The first-order valence-electron chi connectivity index (χ1n) is 5.44. The van der Waals surface area contributed by atoms with Crippen LogP contribution < -0.4 is 5.32 Å². The Morgan fingerprint density at radius 1 is 1.50 bits per heavy atom. The fourth-order valence-corrected chi connectivity index (χ4v) is 1.89. The number of rotatable bonds is 4. The van der Waals surface area contributed by atoms with Crippen molar-refractivity contribution < 1.29 is 8.78 Å². The van der Waals surface area contributed by atoms with Crippen molar-refractivity contribution in [3.63, 3.8) is 0 Å². The van der Waals surface area contributed by atoms with Gasteiger partial charge < -0.3 is 5.32 Å². The summed E-state index contributed by atoms with van der Waals surface area (Å²) in [4.78, 5) is 8.12.